The van der Waals surface area contributed by atoms with Crippen molar-refractivity contribution in [1.29, 1.82) is 0 Å². The Hall–Kier alpha value is 4.09. The first-order chi connectivity index (χ1) is 3.71. The Morgan fingerprint density at radius 1 is 0.917 bits per heavy atom. The normalized spacial score (nSPS) is 10.3. The first-order valence-corrected chi connectivity index (χ1v) is 4.38. The predicted octanol–water partition coefficient (Wildman–Crippen LogP) is -4.10. The van der Waals surface area contributed by atoms with Gasteiger partial charge in [-0.3, -0.25) is 0 Å². The maximum absolute atomic E-state index is 9.32. The summed E-state index contributed by atoms with van der Waals surface area (Å²) >= 11 is 0. The Morgan fingerprint density at radius 3 is 1.08 bits per heavy atom. The summed E-state index contributed by atoms with van der Waals surface area (Å²) in [6.45, 7) is 0. The van der Waals surface area contributed by atoms with Crippen molar-refractivity contribution < 1.29 is 82.4 Å². The van der Waals surface area contributed by atoms with Crippen LogP contribution < -0.4 is 19.6 Å². The van der Waals surface area contributed by atoms with Gasteiger partial charge in [0.2, 0.25) is 0 Å². The van der Waals surface area contributed by atoms with Gasteiger partial charge in [0.1, 0.15) is 0 Å². The van der Waals surface area contributed by atoms with Crippen molar-refractivity contribution in [1.82, 2.24) is 0 Å². The van der Waals surface area contributed by atoms with Crippen LogP contribution in [0.15, 0.2) is 0 Å². The van der Waals surface area contributed by atoms with Gasteiger partial charge in [-0.05, 0) is 0 Å². The molecule has 0 bridgehead atoms. The number of rotatable bonds is 2. The van der Waals surface area contributed by atoms with Gasteiger partial charge in [-0.1, -0.05) is 0 Å². The molecule has 0 spiro atoms. The average molecular weight is 438 g/mol. The van der Waals surface area contributed by atoms with Gasteiger partial charge >= 0.3 is 118 Å². The Kier molecular flexibility index (Phi) is 21.4. The fraction of sp³-hybridized carbons (Fsp3) is 0. The first-order valence-electron chi connectivity index (χ1n) is 1.46. The van der Waals surface area contributed by atoms with Crippen LogP contribution in [0.5, 0.6) is 0 Å². The molecule has 0 radical (unpaired) electrons. The molecule has 0 aromatic rings. The van der Waals surface area contributed by atoms with E-state index < -0.39 is 15.6 Å². The molecule has 0 atom stereocenters. The Morgan fingerprint density at radius 2 is 1.08 bits per heavy atom. The first kappa shape index (κ1) is 25.1. The fourth-order valence-corrected chi connectivity index (χ4v) is 1.10. The molecule has 0 amide bonds. The third-order valence-electron chi connectivity index (χ3n) is 0.200. The van der Waals surface area contributed by atoms with Crippen LogP contribution in [-0.2, 0) is 13.4 Å². The maximum Gasteiger partial charge on any atom is 3.00 e. The maximum atomic E-state index is 9.32. The van der Waals surface area contributed by atoms with Gasteiger partial charge in [-0.2, -0.15) is 0 Å². The second-order valence-electron chi connectivity index (χ2n) is 0.976. The van der Waals surface area contributed by atoms with Crippen molar-refractivity contribution in [3.05, 3.63) is 0 Å². The summed E-state index contributed by atoms with van der Waals surface area (Å²) in [5.74, 6) is 0. The molecule has 12 heavy (non-hydrogen) atoms. The summed E-state index contributed by atoms with van der Waals surface area (Å²) in [7, 11) is -11.4. The average Bonchev–Trinajstić information content (AvgIpc) is 1.14. The molecule has 0 saturated heterocycles. The molecule has 0 N–H and O–H groups in total. The summed E-state index contributed by atoms with van der Waals surface area (Å²) in [5.41, 5.74) is 0. The summed E-state index contributed by atoms with van der Waals surface area (Å²) < 4.78 is 21.2. The summed E-state index contributed by atoms with van der Waals surface area (Å²) in [6.07, 6.45) is 0. The van der Waals surface area contributed by atoms with Gasteiger partial charge in [0.15, 0.2) is 0 Å². The molecule has 12 heteroatoms. The molecular formula is EuMgO7P2Sr+3. The minimum atomic E-state index is -5.68. The van der Waals surface area contributed by atoms with Crippen molar-refractivity contribution in [2.75, 3.05) is 0 Å². The summed E-state index contributed by atoms with van der Waals surface area (Å²) in [5, 5.41) is 0. The van der Waals surface area contributed by atoms with Gasteiger partial charge in [0.25, 0.3) is 0 Å². The monoisotopic (exact) mass is 439 g/mol. The van der Waals surface area contributed by atoms with Gasteiger partial charge in [0.05, 0.1) is 15.6 Å². The Labute approximate surface area is 162 Å². The van der Waals surface area contributed by atoms with E-state index in [9.17, 15) is 28.7 Å². The summed E-state index contributed by atoms with van der Waals surface area (Å²) in [4.78, 5) is 37.3. The van der Waals surface area contributed by atoms with Crippen LogP contribution in [0.25, 0.3) is 0 Å². The number of hydrogen-bond donors (Lipinski definition) is 0. The van der Waals surface area contributed by atoms with Crippen molar-refractivity contribution in [3.8, 4) is 0 Å². The second-order valence-corrected chi connectivity index (χ2v) is 3.42. The zero-order chi connectivity index (χ0) is 7.71. The molecule has 0 heterocycles. The molecule has 0 saturated carbocycles. The van der Waals surface area contributed by atoms with Crippen LogP contribution in [0, 0.1) is 49.4 Å². The van der Waals surface area contributed by atoms with Crippen LogP contribution in [0.3, 0.4) is 0 Å². The van der Waals surface area contributed by atoms with E-state index in [1.165, 1.54) is 0 Å². The zero-order valence-electron chi connectivity index (χ0n) is 5.54. The quantitative estimate of drug-likeness (QED) is 0.316. The molecule has 0 aliphatic rings. The van der Waals surface area contributed by atoms with Gasteiger partial charge in [-0.25, -0.2) is 0 Å². The van der Waals surface area contributed by atoms with E-state index in [0.29, 0.717) is 0 Å². The molecule has 7 nitrogen and oxygen atoms in total. The van der Waals surface area contributed by atoms with Crippen LogP contribution in [0.4, 0.5) is 0 Å². The SMILES string of the molecule is O=P([O-])([O-])OP(=O)([O-])[O-].[Eu+3].[Mg+2].[Sr+2]. The molecule has 0 rings (SSSR count). The molecule has 0 aliphatic carbocycles. The van der Waals surface area contributed by atoms with E-state index in [2.05, 4.69) is 4.31 Å². The van der Waals surface area contributed by atoms with E-state index in [1.54, 1.807) is 0 Å². The van der Waals surface area contributed by atoms with E-state index >= 15 is 0 Å². The number of phosphoric acid groups is 2. The Bertz CT molecular complexity index is 162. The minimum Gasteiger partial charge on any atom is -0.790 e. The minimum absolute atomic E-state index is 0. The van der Waals surface area contributed by atoms with Crippen molar-refractivity contribution in [2.24, 2.45) is 0 Å². The molecule has 0 aliphatic heterocycles. The number of hydrogen-bond acceptors (Lipinski definition) is 7. The van der Waals surface area contributed by atoms with E-state index in [0.717, 1.165) is 0 Å². The Balaban J connectivity index is -0.000000107. The molecular weight excluding hydrogens is 438 g/mol. The largest absolute Gasteiger partial charge is 3.00 e. The summed E-state index contributed by atoms with van der Waals surface area (Å²) in [6, 6.07) is 0. The van der Waals surface area contributed by atoms with E-state index in [4.69, 9.17) is 0 Å². The molecule has 0 aromatic carbocycles. The van der Waals surface area contributed by atoms with Crippen molar-refractivity contribution >= 4 is 84.2 Å². The molecule has 0 fully saturated rings. The van der Waals surface area contributed by atoms with Crippen LogP contribution in [0.1, 0.15) is 0 Å². The van der Waals surface area contributed by atoms with Crippen molar-refractivity contribution in [3.63, 3.8) is 0 Å². The smallest absolute Gasteiger partial charge is 0.790 e. The van der Waals surface area contributed by atoms with Crippen LogP contribution in [-0.4, -0.2) is 68.5 Å². The topological polar surface area (TPSA) is 136 Å². The zero-order valence-corrected chi connectivity index (χ0v) is 14.6. The van der Waals surface area contributed by atoms with Gasteiger partial charge in [-0.15, -0.1) is 0 Å². The van der Waals surface area contributed by atoms with E-state index in [1.807, 2.05) is 0 Å². The third-order valence-corrected chi connectivity index (χ3v) is 1.80. The van der Waals surface area contributed by atoms with Crippen LogP contribution >= 0.6 is 15.6 Å². The van der Waals surface area contributed by atoms with Gasteiger partial charge < -0.3 is 33.0 Å². The van der Waals surface area contributed by atoms with Crippen molar-refractivity contribution in [2.45, 2.75) is 0 Å². The standard InChI is InChI=1S/Eu.Mg.H4O7P2.Sr/c;;1-8(2,3)7-9(4,5)6;/h;;(H2,1,2,3)(H2,4,5,6);/q+3;+2;;+2/p-4. The third kappa shape index (κ3) is 23.7. The predicted molar refractivity (Wildman–Crippen MR) is 27.8 cm³/mol. The second kappa shape index (κ2) is 10.3. The molecule has 60 valence electrons. The molecule has 0 aromatic heterocycles. The van der Waals surface area contributed by atoms with E-state index in [-0.39, 0.29) is 118 Å². The van der Waals surface area contributed by atoms with Crippen LogP contribution in [0.2, 0.25) is 0 Å². The fourth-order valence-electron chi connectivity index (χ4n) is 0.122. The van der Waals surface area contributed by atoms with Gasteiger partial charge in [0, 0.05) is 0 Å². The molecule has 0 unspecified atom stereocenters.